The Bertz CT molecular complexity index is 267. The molecular weight excluding hydrogens is 214 g/mol. The average molecular weight is 241 g/mol. The van der Waals surface area contributed by atoms with Crippen LogP contribution in [0.2, 0.25) is 0 Å². The van der Waals surface area contributed by atoms with Crippen molar-refractivity contribution in [2.24, 2.45) is 11.7 Å². The number of nitrogens with one attached hydrogen (secondary N) is 1. The summed E-state index contributed by atoms with van der Waals surface area (Å²) in [5.41, 5.74) is 4.86. The van der Waals surface area contributed by atoms with E-state index in [9.17, 15) is 4.79 Å². The van der Waals surface area contributed by atoms with Crippen LogP contribution in [-0.2, 0) is 4.79 Å². The number of rotatable bonds is 6. The second-order valence-electron chi connectivity index (χ2n) is 5.69. The number of likely N-dealkylation sites (N-methyl/N-ethyl adjacent to an activating group) is 1. The molecular formula is C13H27N3O. The number of nitrogens with two attached hydrogens (primary N) is 1. The van der Waals surface area contributed by atoms with Gasteiger partial charge in [-0.3, -0.25) is 4.79 Å². The zero-order valence-electron chi connectivity index (χ0n) is 11.6. The standard InChI is InChI=1S/C13H27N3O/c1-10(2)11-6-5-8-16(11)9-7-13(3,15-4)12(14)17/h10-11,15H,5-9H2,1-4H3,(H2,14,17). The smallest absolute Gasteiger partial charge is 0.237 e. The van der Waals surface area contributed by atoms with Gasteiger partial charge in [-0.05, 0) is 45.7 Å². The van der Waals surface area contributed by atoms with Crippen LogP contribution >= 0.6 is 0 Å². The molecule has 0 aromatic carbocycles. The molecule has 3 N–H and O–H groups in total. The van der Waals surface area contributed by atoms with Crippen molar-refractivity contribution in [3.63, 3.8) is 0 Å². The molecule has 1 amide bonds. The molecule has 1 aliphatic heterocycles. The molecule has 0 saturated carbocycles. The number of likely N-dealkylation sites (tertiary alicyclic amines) is 1. The Hall–Kier alpha value is -0.610. The van der Waals surface area contributed by atoms with E-state index in [2.05, 4.69) is 24.1 Å². The average Bonchev–Trinajstić information content (AvgIpc) is 2.73. The number of hydrogen-bond acceptors (Lipinski definition) is 3. The first-order chi connectivity index (χ1) is 7.90. The molecule has 1 heterocycles. The van der Waals surface area contributed by atoms with Crippen LogP contribution in [0.4, 0.5) is 0 Å². The lowest BCUT2D eigenvalue weighted by Gasteiger charge is -2.32. The highest BCUT2D eigenvalue weighted by atomic mass is 16.1. The van der Waals surface area contributed by atoms with E-state index in [0.717, 1.165) is 19.5 Å². The summed E-state index contributed by atoms with van der Waals surface area (Å²) < 4.78 is 0. The Morgan fingerprint density at radius 2 is 2.24 bits per heavy atom. The van der Waals surface area contributed by atoms with Gasteiger partial charge < -0.3 is 16.0 Å². The Balaban J connectivity index is 2.52. The maximum absolute atomic E-state index is 11.4. The normalized spacial score (nSPS) is 25.1. The van der Waals surface area contributed by atoms with Crippen molar-refractivity contribution >= 4 is 5.91 Å². The molecule has 4 heteroatoms. The lowest BCUT2D eigenvalue weighted by Crippen LogP contribution is -2.53. The van der Waals surface area contributed by atoms with Gasteiger partial charge in [-0.15, -0.1) is 0 Å². The van der Waals surface area contributed by atoms with Gasteiger partial charge in [-0.1, -0.05) is 13.8 Å². The van der Waals surface area contributed by atoms with Crippen molar-refractivity contribution in [2.75, 3.05) is 20.1 Å². The predicted molar refractivity (Wildman–Crippen MR) is 70.7 cm³/mol. The summed E-state index contributed by atoms with van der Waals surface area (Å²) in [4.78, 5) is 13.9. The van der Waals surface area contributed by atoms with Gasteiger partial charge in [0.15, 0.2) is 0 Å². The number of amides is 1. The number of primary amides is 1. The second kappa shape index (κ2) is 5.83. The van der Waals surface area contributed by atoms with Crippen molar-refractivity contribution in [3.05, 3.63) is 0 Å². The van der Waals surface area contributed by atoms with Gasteiger partial charge in [-0.25, -0.2) is 0 Å². The Labute approximate surface area is 105 Å². The fraction of sp³-hybridized carbons (Fsp3) is 0.923. The summed E-state index contributed by atoms with van der Waals surface area (Å²) in [6.07, 6.45) is 3.34. The van der Waals surface area contributed by atoms with Gasteiger partial charge in [0.05, 0.1) is 5.54 Å². The van der Waals surface area contributed by atoms with Crippen LogP contribution in [0, 0.1) is 5.92 Å². The summed E-state index contributed by atoms with van der Waals surface area (Å²) in [5, 5.41) is 3.04. The molecule has 0 aromatic rings. The molecule has 0 aromatic heterocycles. The van der Waals surface area contributed by atoms with Crippen LogP contribution in [0.15, 0.2) is 0 Å². The molecule has 0 radical (unpaired) electrons. The topological polar surface area (TPSA) is 58.4 Å². The van der Waals surface area contributed by atoms with E-state index in [0.29, 0.717) is 12.0 Å². The van der Waals surface area contributed by atoms with Crippen LogP contribution in [0.1, 0.15) is 40.0 Å². The van der Waals surface area contributed by atoms with Crippen LogP contribution in [-0.4, -0.2) is 42.5 Å². The van der Waals surface area contributed by atoms with Crippen LogP contribution in [0.5, 0.6) is 0 Å². The van der Waals surface area contributed by atoms with E-state index in [-0.39, 0.29) is 5.91 Å². The van der Waals surface area contributed by atoms with Crippen molar-refractivity contribution in [2.45, 2.75) is 51.6 Å². The highest BCUT2D eigenvalue weighted by Crippen LogP contribution is 2.24. The van der Waals surface area contributed by atoms with Crippen molar-refractivity contribution in [1.29, 1.82) is 0 Å². The minimum atomic E-state index is -0.579. The predicted octanol–water partition coefficient (Wildman–Crippen LogP) is 0.960. The highest BCUT2D eigenvalue weighted by molar-refractivity contribution is 5.84. The number of carbonyl (C=O) groups is 1. The van der Waals surface area contributed by atoms with E-state index >= 15 is 0 Å². The third-order valence-corrected chi connectivity index (χ3v) is 4.18. The minimum absolute atomic E-state index is 0.264. The molecule has 0 aliphatic carbocycles. The van der Waals surface area contributed by atoms with Crippen molar-refractivity contribution < 1.29 is 4.79 Å². The van der Waals surface area contributed by atoms with E-state index in [1.807, 2.05) is 6.92 Å². The first kappa shape index (κ1) is 14.5. The summed E-state index contributed by atoms with van der Waals surface area (Å²) in [7, 11) is 1.80. The molecule has 2 unspecified atom stereocenters. The summed E-state index contributed by atoms with van der Waals surface area (Å²) >= 11 is 0. The Morgan fingerprint density at radius 3 is 2.71 bits per heavy atom. The van der Waals surface area contributed by atoms with E-state index in [1.54, 1.807) is 7.05 Å². The van der Waals surface area contributed by atoms with Crippen molar-refractivity contribution in [1.82, 2.24) is 10.2 Å². The zero-order chi connectivity index (χ0) is 13.1. The number of hydrogen-bond donors (Lipinski definition) is 2. The lowest BCUT2D eigenvalue weighted by atomic mass is 9.96. The zero-order valence-corrected chi connectivity index (χ0v) is 11.6. The molecule has 100 valence electrons. The third-order valence-electron chi connectivity index (χ3n) is 4.18. The second-order valence-corrected chi connectivity index (χ2v) is 5.69. The van der Waals surface area contributed by atoms with E-state index in [1.165, 1.54) is 12.8 Å². The van der Waals surface area contributed by atoms with Gasteiger partial charge in [-0.2, -0.15) is 0 Å². The molecule has 1 rings (SSSR count). The first-order valence-corrected chi connectivity index (χ1v) is 6.63. The molecule has 1 saturated heterocycles. The largest absolute Gasteiger partial charge is 0.368 e. The van der Waals surface area contributed by atoms with Gasteiger partial charge in [0.1, 0.15) is 0 Å². The molecule has 0 spiro atoms. The Kier molecular flexibility index (Phi) is 4.95. The molecule has 2 atom stereocenters. The number of carbonyl (C=O) groups excluding carboxylic acids is 1. The maximum Gasteiger partial charge on any atom is 0.237 e. The first-order valence-electron chi connectivity index (χ1n) is 6.63. The fourth-order valence-electron chi connectivity index (χ4n) is 2.62. The van der Waals surface area contributed by atoms with Gasteiger partial charge in [0.25, 0.3) is 0 Å². The molecule has 1 aliphatic rings. The fourth-order valence-corrected chi connectivity index (χ4v) is 2.62. The van der Waals surface area contributed by atoms with Crippen LogP contribution in [0.25, 0.3) is 0 Å². The van der Waals surface area contributed by atoms with E-state index < -0.39 is 5.54 Å². The molecule has 0 bridgehead atoms. The van der Waals surface area contributed by atoms with Gasteiger partial charge in [0.2, 0.25) is 5.91 Å². The quantitative estimate of drug-likeness (QED) is 0.728. The van der Waals surface area contributed by atoms with Gasteiger partial charge >= 0.3 is 0 Å². The molecule has 4 nitrogen and oxygen atoms in total. The summed E-state index contributed by atoms with van der Waals surface area (Å²) in [5.74, 6) is 0.423. The van der Waals surface area contributed by atoms with E-state index in [4.69, 9.17) is 5.73 Å². The molecule has 17 heavy (non-hydrogen) atoms. The van der Waals surface area contributed by atoms with Crippen LogP contribution in [0.3, 0.4) is 0 Å². The SMILES string of the molecule is CNC(C)(CCN1CCCC1C(C)C)C(N)=O. The van der Waals surface area contributed by atoms with Crippen molar-refractivity contribution in [3.8, 4) is 0 Å². The monoisotopic (exact) mass is 241 g/mol. The maximum atomic E-state index is 11.4. The van der Waals surface area contributed by atoms with Crippen LogP contribution < -0.4 is 11.1 Å². The number of nitrogens with zero attached hydrogens (tertiary/aromatic N) is 1. The minimum Gasteiger partial charge on any atom is -0.368 e. The van der Waals surface area contributed by atoms with Gasteiger partial charge in [0, 0.05) is 12.6 Å². The Morgan fingerprint density at radius 1 is 1.59 bits per heavy atom. The molecule has 1 fully saturated rings. The lowest BCUT2D eigenvalue weighted by molar-refractivity contribution is -0.124. The third kappa shape index (κ3) is 3.42. The summed E-state index contributed by atoms with van der Waals surface area (Å²) in [6.45, 7) is 8.53. The summed E-state index contributed by atoms with van der Waals surface area (Å²) in [6, 6.07) is 0.670. The highest BCUT2D eigenvalue weighted by Gasteiger charge is 2.32.